The van der Waals surface area contributed by atoms with E-state index in [2.05, 4.69) is 15.6 Å². The Morgan fingerprint density at radius 1 is 1.35 bits per heavy atom. The van der Waals surface area contributed by atoms with Crippen LogP contribution in [-0.4, -0.2) is 32.7 Å². The van der Waals surface area contributed by atoms with Gasteiger partial charge in [0.2, 0.25) is 0 Å². The standard InChI is InChI=1S/C16H16N4O2S/c1-10(8-14(21)15-4-3-7-23-15)17-16(22)11-5-6-13-12(9-11)18-19-20(13)2/h3-7,9-10H,8H2,1-2H3,(H,17,22)/t10-/m1/s1. The van der Waals surface area contributed by atoms with Crippen LogP contribution in [-0.2, 0) is 7.05 Å². The van der Waals surface area contributed by atoms with Crippen molar-refractivity contribution < 1.29 is 9.59 Å². The number of hydrogen-bond acceptors (Lipinski definition) is 5. The lowest BCUT2D eigenvalue weighted by molar-refractivity contribution is 0.0919. The molecule has 2 aromatic heterocycles. The molecule has 3 aromatic rings. The summed E-state index contributed by atoms with van der Waals surface area (Å²) in [6.07, 6.45) is 0.277. The second kappa shape index (κ2) is 6.29. The van der Waals surface area contributed by atoms with Gasteiger partial charge in [-0.05, 0) is 36.6 Å². The average Bonchev–Trinajstić information content (AvgIpc) is 3.17. The first-order chi connectivity index (χ1) is 11.0. The van der Waals surface area contributed by atoms with Crippen molar-refractivity contribution in [3.8, 4) is 0 Å². The Balaban J connectivity index is 1.66. The predicted octanol–water partition coefficient (Wildman–Crippen LogP) is 2.42. The van der Waals surface area contributed by atoms with Crippen molar-refractivity contribution in [1.29, 1.82) is 0 Å². The molecule has 0 bridgehead atoms. The first-order valence-electron chi connectivity index (χ1n) is 7.21. The molecule has 0 spiro atoms. The second-order valence-electron chi connectivity index (χ2n) is 5.40. The fraction of sp³-hybridized carbons (Fsp3) is 0.250. The third kappa shape index (κ3) is 3.29. The number of hydrogen-bond donors (Lipinski definition) is 1. The maximum atomic E-state index is 12.3. The fourth-order valence-corrected chi connectivity index (χ4v) is 3.03. The van der Waals surface area contributed by atoms with Crippen molar-refractivity contribution >= 4 is 34.1 Å². The molecule has 0 fully saturated rings. The van der Waals surface area contributed by atoms with Gasteiger partial charge in [-0.2, -0.15) is 0 Å². The summed E-state index contributed by atoms with van der Waals surface area (Å²) in [7, 11) is 1.80. The minimum absolute atomic E-state index is 0.0391. The van der Waals surface area contributed by atoms with Gasteiger partial charge >= 0.3 is 0 Å². The van der Waals surface area contributed by atoms with Crippen molar-refractivity contribution in [3.05, 3.63) is 46.2 Å². The summed E-state index contributed by atoms with van der Waals surface area (Å²) in [5, 5.41) is 12.6. The van der Waals surface area contributed by atoms with E-state index in [-0.39, 0.29) is 24.2 Å². The van der Waals surface area contributed by atoms with Gasteiger partial charge in [0.1, 0.15) is 5.52 Å². The number of amides is 1. The smallest absolute Gasteiger partial charge is 0.251 e. The molecule has 2 heterocycles. The Morgan fingerprint density at radius 2 is 2.17 bits per heavy atom. The van der Waals surface area contributed by atoms with Crippen LogP contribution >= 0.6 is 11.3 Å². The van der Waals surface area contributed by atoms with Gasteiger partial charge in [-0.3, -0.25) is 9.59 Å². The van der Waals surface area contributed by atoms with Crippen molar-refractivity contribution in [2.24, 2.45) is 7.05 Å². The van der Waals surface area contributed by atoms with Crippen LogP contribution in [0.1, 0.15) is 33.4 Å². The second-order valence-corrected chi connectivity index (χ2v) is 6.34. The normalized spacial score (nSPS) is 12.3. The number of aromatic nitrogens is 3. The SMILES string of the molecule is C[C@H](CC(=O)c1cccs1)NC(=O)c1ccc2c(c1)nnn2C. The molecule has 0 aliphatic heterocycles. The van der Waals surface area contributed by atoms with Crippen LogP contribution in [0.25, 0.3) is 11.0 Å². The van der Waals surface area contributed by atoms with E-state index in [4.69, 9.17) is 0 Å². The monoisotopic (exact) mass is 328 g/mol. The van der Waals surface area contributed by atoms with Gasteiger partial charge in [-0.15, -0.1) is 16.4 Å². The number of benzene rings is 1. The van der Waals surface area contributed by atoms with Gasteiger partial charge in [0.15, 0.2) is 5.78 Å². The molecule has 0 radical (unpaired) electrons. The quantitative estimate of drug-likeness (QED) is 0.730. The Bertz CT molecular complexity index is 854. The van der Waals surface area contributed by atoms with E-state index in [0.29, 0.717) is 16.0 Å². The molecular weight excluding hydrogens is 312 g/mol. The molecule has 0 saturated heterocycles. The third-order valence-corrected chi connectivity index (χ3v) is 4.45. The lowest BCUT2D eigenvalue weighted by Gasteiger charge is -2.12. The van der Waals surface area contributed by atoms with Gasteiger partial charge in [-0.25, -0.2) is 4.68 Å². The van der Waals surface area contributed by atoms with E-state index < -0.39 is 0 Å². The van der Waals surface area contributed by atoms with Crippen LogP contribution in [0, 0.1) is 0 Å². The zero-order chi connectivity index (χ0) is 16.4. The van der Waals surface area contributed by atoms with Crippen molar-refractivity contribution in [1.82, 2.24) is 20.3 Å². The highest BCUT2D eigenvalue weighted by atomic mass is 32.1. The van der Waals surface area contributed by atoms with Gasteiger partial charge in [0.05, 0.1) is 10.4 Å². The molecule has 0 unspecified atom stereocenters. The molecule has 1 amide bonds. The van der Waals surface area contributed by atoms with E-state index in [1.165, 1.54) is 11.3 Å². The number of nitrogens with one attached hydrogen (secondary N) is 1. The van der Waals surface area contributed by atoms with Crippen LogP contribution < -0.4 is 5.32 Å². The topological polar surface area (TPSA) is 76.9 Å². The number of aryl methyl sites for hydroxylation is 1. The Hall–Kier alpha value is -2.54. The van der Waals surface area contributed by atoms with E-state index in [1.807, 2.05) is 24.4 Å². The molecule has 0 saturated carbocycles. The van der Waals surface area contributed by atoms with E-state index >= 15 is 0 Å². The molecule has 1 aromatic carbocycles. The lowest BCUT2D eigenvalue weighted by Crippen LogP contribution is -2.34. The zero-order valence-corrected chi connectivity index (χ0v) is 13.6. The number of rotatable bonds is 5. The van der Waals surface area contributed by atoms with E-state index in [0.717, 1.165) is 5.52 Å². The third-order valence-electron chi connectivity index (χ3n) is 3.54. The van der Waals surface area contributed by atoms with Crippen LogP contribution in [0.4, 0.5) is 0 Å². The zero-order valence-electron chi connectivity index (χ0n) is 12.8. The molecule has 0 aliphatic rings. The van der Waals surface area contributed by atoms with Gasteiger partial charge in [0, 0.05) is 25.1 Å². The van der Waals surface area contributed by atoms with E-state index in [9.17, 15) is 9.59 Å². The molecule has 1 N–H and O–H groups in total. The molecule has 23 heavy (non-hydrogen) atoms. The van der Waals surface area contributed by atoms with Crippen LogP contribution in [0.2, 0.25) is 0 Å². The number of Topliss-reactive ketones (excluding diaryl/α,β-unsaturated/α-hetero) is 1. The summed E-state index contributed by atoms with van der Waals surface area (Å²) in [5.74, 6) is -0.179. The van der Waals surface area contributed by atoms with Crippen molar-refractivity contribution in [3.63, 3.8) is 0 Å². The number of thiophene rings is 1. The fourth-order valence-electron chi connectivity index (χ4n) is 2.36. The predicted molar refractivity (Wildman–Crippen MR) is 88.7 cm³/mol. The maximum Gasteiger partial charge on any atom is 0.251 e. The van der Waals surface area contributed by atoms with Gasteiger partial charge in [-0.1, -0.05) is 11.3 Å². The highest BCUT2D eigenvalue weighted by Gasteiger charge is 2.16. The number of carbonyl (C=O) groups excluding carboxylic acids is 2. The van der Waals surface area contributed by atoms with Gasteiger partial charge in [0.25, 0.3) is 5.91 Å². The summed E-state index contributed by atoms with van der Waals surface area (Å²) in [5.41, 5.74) is 2.04. The Labute approximate surface area is 137 Å². The summed E-state index contributed by atoms with van der Waals surface area (Å²) in [6, 6.07) is 8.64. The molecule has 0 aliphatic carbocycles. The molecule has 6 nitrogen and oxygen atoms in total. The first-order valence-corrected chi connectivity index (χ1v) is 8.09. The number of nitrogens with zero attached hydrogens (tertiary/aromatic N) is 3. The highest BCUT2D eigenvalue weighted by molar-refractivity contribution is 7.12. The van der Waals surface area contributed by atoms with Gasteiger partial charge < -0.3 is 5.32 Å². The molecule has 7 heteroatoms. The number of carbonyl (C=O) groups is 2. The minimum atomic E-state index is -0.241. The Morgan fingerprint density at radius 3 is 2.91 bits per heavy atom. The van der Waals surface area contributed by atoms with Crippen molar-refractivity contribution in [2.45, 2.75) is 19.4 Å². The van der Waals surface area contributed by atoms with Crippen molar-refractivity contribution in [2.75, 3.05) is 0 Å². The largest absolute Gasteiger partial charge is 0.349 e. The highest BCUT2D eigenvalue weighted by Crippen LogP contribution is 2.14. The molecule has 118 valence electrons. The number of ketones is 1. The average molecular weight is 328 g/mol. The van der Waals surface area contributed by atoms with E-state index in [1.54, 1.807) is 29.9 Å². The summed E-state index contributed by atoms with van der Waals surface area (Å²) in [6.45, 7) is 1.82. The Kier molecular flexibility index (Phi) is 4.20. The molecular formula is C16H16N4O2S. The van der Waals surface area contributed by atoms with Crippen LogP contribution in [0.5, 0.6) is 0 Å². The summed E-state index contributed by atoms with van der Waals surface area (Å²) >= 11 is 1.41. The summed E-state index contributed by atoms with van der Waals surface area (Å²) < 4.78 is 1.65. The van der Waals surface area contributed by atoms with Crippen LogP contribution in [0.15, 0.2) is 35.7 Å². The maximum absolute atomic E-state index is 12.3. The summed E-state index contributed by atoms with van der Waals surface area (Å²) in [4.78, 5) is 25.1. The number of fused-ring (bicyclic) bond motifs is 1. The molecule has 1 atom stereocenters. The first kappa shape index (κ1) is 15.4. The lowest BCUT2D eigenvalue weighted by atomic mass is 10.1. The molecule has 3 rings (SSSR count). The van der Waals surface area contributed by atoms with Crippen LogP contribution in [0.3, 0.4) is 0 Å². The minimum Gasteiger partial charge on any atom is -0.349 e.